The minimum atomic E-state index is -2.93. The Morgan fingerprint density at radius 3 is 2.39 bits per heavy atom. The van der Waals surface area contributed by atoms with E-state index in [0.717, 1.165) is 16.7 Å². The summed E-state index contributed by atoms with van der Waals surface area (Å²) in [6, 6.07) is 10.4. The third-order valence-electron chi connectivity index (χ3n) is 4.05. The van der Waals surface area contributed by atoms with Crippen LogP contribution < -0.4 is 14.2 Å². The van der Waals surface area contributed by atoms with Crippen molar-refractivity contribution < 1.29 is 27.8 Å². The first-order valence-corrected chi connectivity index (χ1v) is 8.94. The summed E-state index contributed by atoms with van der Waals surface area (Å²) >= 11 is 0. The summed E-state index contributed by atoms with van der Waals surface area (Å²) in [6.45, 7) is 3.23. The van der Waals surface area contributed by atoms with Gasteiger partial charge in [0, 0.05) is 13.6 Å². The van der Waals surface area contributed by atoms with E-state index in [4.69, 9.17) is 9.47 Å². The second-order valence-electron chi connectivity index (χ2n) is 6.40. The normalized spacial score (nSPS) is 10.7. The van der Waals surface area contributed by atoms with Gasteiger partial charge in [0.2, 0.25) is 0 Å². The second-order valence-corrected chi connectivity index (χ2v) is 6.40. The van der Waals surface area contributed by atoms with E-state index in [2.05, 4.69) is 4.74 Å². The zero-order chi connectivity index (χ0) is 20.7. The van der Waals surface area contributed by atoms with Gasteiger partial charge in [-0.3, -0.25) is 4.79 Å². The van der Waals surface area contributed by atoms with Crippen LogP contribution in [0.4, 0.5) is 8.78 Å². The van der Waals surface area contributed by atoms with Crippen LogP contribution in [0.2, 0.25) is 0 Å². The van der Waals surface area contributed by atoms with Crippen molar-refractivity contribution in [1.82, 2.24) is 4.90 Å². The van der Waals surface area contributed by atoms with Crippen LogP contribution in [-0.4, -0.2) is 37.7 Å². The van der Waals surface area contributed by atoms with E-state index in [1.807, 2.05) is 32.0 Å². The van der Waals surface area contributed by atoms with Gasteiger partial charge in [0.25, 0.3) is 5.91 Å². The van der Waals surface area contributed by atoms with Crippen LogP contribution in [0.3, 0.4) is 0 Å². The zero-order valence-electron chi connectivity index (χ0n) is 16.5. The van der Waals surface area contributed by atoms with Crippen LogP contribution in [0.15, 0.2) is 36.4 Å². The molecule has 0 N–H and O–H groups in total. The Balaban J connectivity index is 1.99. The molecule has 0 aliphatic heterocycles. The number of ether oxygens (including phenoxy) is 3. The molecule has 1 amide bonds. The zero-order valence-corrected chi connectivity index (χ0v) is 16.5. The average Bonchev–Trinajstić information content (AvgIpc) is 2.62. The fourth-order valence-electron chi connectivity index (χ4n) is 2.69. The lowest BCUT2D eigenvalue weighted by Gasteiger charge is -2.19. The number of nitrogens with zero attached hydrogens (tertiary/aromatic N) is 1. The van der Waals surface area contributed by atoms with Gasteiger partial charge >= 0.3 is 6.61 Å². The number of benzene rings is 2. The maximum absolute atomic E-state index is 12.5. The molecule has 2 rings (SSSR count). The molecule has 7 heteroatoms. The lowest BCUT2D eigenvalue weighted by molar-refractivity contribution is -0.132. The van der Waals surface area contributed by atoms with Gasteiger partial charge in [-0.25, -0.2) is 0 Å². The van der Waals surface area contributed by atoms with Crippen molar-refractivity contribution in [2.75, 3.05) is 20.3 Å². The Kier molecular flexibility index (Phi) is 7.61. The summed E-state index contributed by atoms with van der Waals surface area (Å²) in [5, 5.41) is 0. The number of halogens is 2. The Hall–Kier alpha value is -2.83. The number of hydrogen-bond donors (Lipinski definition) is 0. The van der Waals surface area contributed by atoms with Crippen molar-refractivity contribution in [2.24, 2.45) is 0 Å². The predicted molar refractivity (Wildman–Crippen MR) is 102 cm³/mol. The highest BCUT2D eigenvalue weighted by molar-refractivity contribution is 5.77. The topological polar surface area (TPSA) is 48.0 Å². The van der Waals surface area contributed by atoms with E-state index in [9.17, 15) is 13.6 Å². The molecular weight excluding hydrogens is 368 g/mol. The monoisotopic (exact) mass is 393 g/mol. The Bertz CT molecular complexity index is 811. The molecule has 0 saturated carbocycles. The average molecular weight is 393 g/mol. The van der Waals surface area contributed by atoms with Crippen molar-refractivity contribution >= 4 is 5.91 Å². The van der Waals surface area contributed by atoms with Crippen molar-refractivity contribution in [3.05, 3.63) is 53.1 Å². The molecule has 2 aromatic rings. The van der Waals surface area contributed by atoms with Gasteiger partial charge in [-0.2, -0.15) is 8.78 Å². The van der Waals surface area contributed by atoms with Crippen molar-refractivity contribution in [3.63, 3.8) is 0 Å². The van der Waals surface area contributed by atoms with Crippen LogP contribution in [0.1, 0.15) is 23.6 Å². The SMILES string of the molecule is CCOc1cc(CN(C)C(=O)COc2ccc(C)cc2C)ccc1OC(F)F. The molecular formula is C21H25F2NO4. The first-order chi connectivity index (χ1) is 13.3. The molecule has 0 bridgehead atoms. The van der Waals surface area contributed by atoms with Gasteiger partial charge < -0.3 is 19.1 Å². The Morgan fingerprint density at radius 2 is 1.75 bits per heavy atom. The minimum Gasteiger partial charge on any atom is -0.490 e. The lowest BCUT2D eigenvalue weighted by atomic mass is 10.1. The number of amides is 1. The number of rotatable bonds is 9. The molecule has 0 unspecified atom stereocenters. The molecule has 0 aromatic heterocycles. The van der Waals surface area contributed by atoms with E-state index in [0.29, 0.717) is 12.4 Å². The van der Waals surface area contributed by atoms with Crippen molar-refractivity contribution in [3.8, 4) is 17.2 Å². The molecule has 152 valence electrons. The highest BCUT2D eigenvalue weighted by Gasteiger charge is 2.15. The molecule has 28 heavy (non-hydrogen) atoms. The number of hydrogen-bond acceptors (Lipinski definition) is 4. The third-order valence-corrected chi connectivity index (χ3v) is 4.05. The van der Waals surface area contributed by atoms with Gasteiger partial charge in [0.15, 0.2) is 18.1 Å². The van der Waals surface area contributed by atoms with Gasteiger partial charge in [-0.1, -0.05) is 23.8 Å². The summed E-state index contributed by atoms with van der Waals surface area (Å²) in [4.78, 5) is 13.9. The highest BCUT2D eigenvalue weighted by atomic mass is 19.3. The summed E-state index contributed by atoms with van der Waals surface area (Å²) < 4.78 is 40.4. The number of aryl methyl sites for hydroxylation is 2. The van der Waals surface area contributed by atoms with E-state index in [1.165, 1.54) is 11.0 Å². The fraction of sp³-hybridized carbons (Fsp3) is 0.381. The van der Waals surface area contributed by atoms with Crippen LogP contribution in [0.25, 0.3) is 0 Å². The van der Waals surface area contributed by atoms with Crippen LogP contribution in [0, 0.1) is 13.8 Å². The largest absolute Gasteiger partial charge is 0.490 e. The molecule has 0 saturated heterocycles. The fourth-order valence-corrected chi connectivity index (χ4v) is 2.69. The number of carbonyl (C=O) groups is 1. The highest BCUT2D eigenvalue weighted by Crippen LogP contribution is 2.30. The maximum atomic E-state index is 12.5. The van der Waals surface area contributed by atoms with Gasteiger partial charge in [-0.05, 0) is 50.1 Å². The Labute approximate surface area is 163 Å². The lowest BCUT2D eigenvalue weighted by Crippen LogP contribution is -2.31. The molecule has 0 radical (unpaired) electrons. The summed E-state index contributed by atoms with van der Waals surface area (Å²) in [7, 11) is 1.65. The van der Waals surface area contributed by atoms with Crippen LogP contribution >= 0.6 is 0 Å². The van der Waals surface area contributed by atoms with Crippen LogP contribution in [0.5, 0.6) is 17.2 Å². The molecule has 0 fully saturated rings. The minimum absolute atomic E-state index is 0.0345. The molecule has 0 atom stereocenters. The van der Waals surface area contributed by atoms with E-state index < -0.39 is 6.61 Å². The number of likely N-dealkylation sites (N-methyl/N-ethyl adjacent to an activating group) is 1. The van der Waals surface area contributed by atoms with Gasteiger partial charge in [-0.15, -0.1) is 0 Å². The Morgan fingerprint density at radius 1 is 1.04 bits per heavy atom. The summed E-state index contributed by atoms with van der Waals surface area (Å²) in [5.74, 6) is 0.644. The third kappa shape index (κ3) is 6.11. The molecule has 0 heterocycles. The molecule has 0 aliphatic carbocycles. The second kappa shape index (κ2) is 9.92. The quantitative estimate of drug-likeness (QED) is 0.636. The number of carbonyl (C=O) groups excluding carboxylic acids is 1. The van der Waals surface area contributed by atoms with Gasteiger partial charge in [0.05, 0.1) is 6.61 Å². The standard InChI is InChI=1S/C21H25F2NO4/c1-5-26-19-11-16(7-9-18(19)28-21(22)23)12-24(4)20(25)13-27-17-8-6-14(2)10-15(17)3/h6-11,21H,5,12-13H2,1-4H3. The molecule has 0 aliphatic rings. The van der Waals surface area contributed by atoms with E-state index >= 15 is 0 Å². The maximum Gasteiger partial charge on any atom is 0.387 e. The first-order valence-electron chi connectivity index (χ1n) is 8.94. The van der Waals surface area contributed by atoms with Crippen molar-refractivity contribution in [1.29, 1.82) is 0 Å². The smallest absolute Gasteiger partial charge is 0.387 e. The van der Waals surface area contributed by atoms with E-state index in [-0.39, 0.29) is 30.6 Å². The summed E-state index contributed by atoms with van der Waals surface area (Å²) in [5.41, 5.74) is 2.82. The van der Waals surface area contributed by atoms with Crippen molar-refractivity contribution in [2.45, 2.75) is 33.9 Å². The predicted octanol–water partition coefficient (Wildman–Crippen LogP) is 4.34. The molecule has 5 nitrogen and oxygen atoms in total. The molecule has 0 spiro atoms. The first kappa shape index (κ1) is 21.5. The van der Waals surface area contributed by atoms with Gasteiger partial charge in [0.1, 0.15) is 5.75 Å². The van der Waals surface area contributed by atoms with Crippen LogP contribution in [-0.2, 0) is 11.3 Å². The number of alkyl halides is 2. The summed E-state index contributed by atoms with van der Waals surface area (Å²) in [6.07, 6.45) is 0. The molecule has 2 aromatic carbocycles. The van der Waals surface area contributed by atoms with E-state index in [1.54, 1.807) is 26.1 Å².